The van der Waals surface area contributed by atoms with Crippen LogP contribution in [0.4, 0.5) is 8.78 Å². The molecular formula is C9H8F2N2O3. The monoisotopic (exact) mass is 230 g/mol. The number of amides is 1. The normalized spacial score (nSPS) is 10.9. The van der Waals surface area contributed by atoms with E-state index in [4.69, 9.17) is 0 Å². The van der Waals surface area contributed by atoms with Gasteiger partial charge in [-0.2, -0.15) is 0 Å². The minimum Gasteiger partial charge on any atom is -0.340 e. The fourth-order valence-electron chi connectivity index (χ4n) is 0.967. The molecule has 0 heterocycles. The Bertz CT molecular complexity index is 395. The lowest BCUT2D eigenvalue weighted by Gasteiger charge is -2.07. The van der Waals surface area contributed by atoms with Crippen molar-refractivity contribution in [1.82, 2.24) is 5.32 Å². The van der Waals surface area contributed by atoms with E-state index in [-0.39, 0.29) is 6.54 Å². The number of benzene rings is 1. The second-order valence-electron chi connectivity index (χ2n) is 2.97. The highest BCUT2D eigenvalue weighted by Gasteiger charge is 2.53. The van der Waals surface area contributed by atoms with Crippen molar-refractivity contribution >= 4 is 5.91 Å². The van der Waals surface area contributed by atoms with E-state index in [0.29, 0.717) is 5.56 Å². The molecule has 1 aromatic rings. The Morgan fingerprint density at radius 1 is 1.38 bits per heavy atom. The third-order valence-corrected chi connectivity index (χ3v) is 1.80. The van der Waals surface area contributed by atoms with Gasteiger partial charge in [0.2, 0.25) is 0 Å². The summed E-state index contributed by atoms with van der Waals surface area (Å²) in [4.78, 5) is 18.7. The van der Waals surface area contributed by atoms with Gasteiger partial charge in [-0.05, 0) is 5.56 Å². The standard InChI is InChI=1S/C9H8F2N2O3/c10-9(11,13(15)16)8(14)12-6-7-4-2-1-3-5-7/h1-5H,6H2,(H,12,14). The van der Waals surface area contributed by atoms with Gasteiger partial charge in [-0.1, -0.05) is 30.3 Å². The highest BCUT2D eigenvalue weighted by atomic mass is 19.3. The third kappa shape index (κ3) is 2.72. The first-order valence-corrected chi connectivity index (χ1v) is 4.29. The first-order chi connectivity index (χ1) is 7.44. The summed E-state index contributed by atoms with van der Waals surface area (Å²) >= 11 is 0. The number of rotatable bonds is 4. The zero-order valence-corrected chi connectivity index (χ0v) is 8.02. The van der Waals surface area contributed by atoms with Gasteiger partial charge in [0, 0.05) is 6.54 Å². The lowest BCUT2D eigenvalue weighted by Crippen LogP contribution is -2.45. The van der Waals surface area contributed by atoms with Crippen LogP contribution in [0.2, 0.25) is 0 Å². The third-order valence-electron chi connectivity index (χ3n) is 1.80. The minimum atomic E-state index is -4.59. The SMILES string of the molecule is O=C(NCc1ccccc1)C(F)(F)[N+](=O)[O-]. The zero-order valence-electron chi connectivity index (χ0n) is 8.02. The first-order valence-electron chi connectivity index (χ1n) is 4.29. The Labute approximate surface area is 89.2 Å². The minimum absolute atomic E-state index is 0.177. The predicted molar refractivity (Wildman–Crippen MR) is 50.2 cm³/mol. The topological polar surface area (TPSA) is 72.2 Å². The zero-order chi connectivity index (χ0) is 12.2. The van der Waals surface area contributed by atoms with Crippen molar-refractivity contribution in [3.63, 3.8) is 0 Å². The van der Waals surface area contributed by atoms with E-state index in [2.05, 4.69) is 0 Å². The molecule has 0 radical (unpaired) electrons. The number of hydrogen-bond acceptors (Lipinski definition) is 3. The Hall–Kier alpha value is -2.05. The second kappa shape index (κ2) is 4.65. The van der Waals surface area contributed by atoms with Gasteiger partial charge in [-0.15, -0.1) is 8.78 Å². The van der Waals surface area contributed by atoms with Gasteiger partial charge in [0.05, 0.1) is 0 Å². The molecule has 1 aromatic carbocycles. The van der Waals surface area contributed by atoms with Crippen molar-refractivity contribution in [1.29, 1.82) is 0 Å². The van der Waals surface area contributed by atoms with Crippen LogP contribution in [0.5, 0.6) is 0 Å². The average molecular weight is 230 g/mol. The maximum absolute atomic E-state index is 12.5. The van der Waals surface area contributed by atoms with Gasteiger partial charge in [0.15, 0.2) is 0 Å². The molecule has 0 aromatic heterocycles. The molecule has 0 bridgehead atoms. The molecule has 5 nitrogen and oxygen atoms in total. The van der Waals surface area contributed by atoms with Crippen LogP contribution < -0.4 is 5.32 Å². The van der Waals surface area contributed by atoms with Crippen molar-refractivity contribution in [2.45, 2.75) is 12.6 Å². The average Bonchev–Trinajstić information content (AvgIpc) is 2.27. The summed E-state index contributed by atoms with van der Waals surface area (Å²) in [5.41, 5.74) is 0.579. The van der Waals surface area contributed by atoms with Crippen LogP contribution in [0.3, 0.4) is 0 Å². The van der Waals surface area contributed by atoms with Gasteiger partial charge < -0.3 is 5.32 Å². The second-order valence-corrected chi connectivity index (χ2v) is 2.97. The molecule has 1 rings (SSSR count). The summed E-state index contributed by atoms with van der Waals surface area (Å²) < 4.78 is 25.1. The molecule has 0 saturated carbocycles. The largest absolute Gasteiger partial charge is 0.593 e. The smallest absolute Gasteiger partial charge is 0.340 e. The molecule has 0 fully saturated rings. The lowest BCUT2D eigenvalue weighted by atomic mass is 10.2. The number of nitrogens with zero attached hydrogens (tertiary/aromatic N) is 1. The molecular weight excluding hydrogens is 222 g/mol. The first kappa shape index (κ1) is 12.0. The van der Waals surface area contributed by atoms with E-state index >= 15 is 0 Å². The lowest BCUT2D eigenvalue weighted by molar-refractivity contribution is -0.622. The molecule has 0 saturated heterocycles. The molecule has 1 N–H and O–H groups in total. The van der Waals surface area contributed by atoms with E-state index in [9.17, 15) is 23.7 Å². The van der Waals surface area contributed by atoms with Crippen LogP contribution in [-0.4, -0.2) is 16.9 Å². The molecule has 0 atom stereocenters. The quantitative estimate of drug-likeness (QED) is 0.479. The maximum atomic E-state index is 12.5. The molecule has 7 heteroatoms. The maximum Gasteiger partial charge on any atom is 0.593 e. The summed E-state index contributed by atoms with van der Waals surface area (Å²) in [6.45, 7) is -0.177. The Kier molecular flexibility index (Phi) is 3.49. The number of carbonyl (C=O) groups is 1. The van der Waals surface area contributed by atoms with Crippen molar-refractivity contribution in [3.8, 4) is 0 Å². The fraction of sp³-hybridized carbons (Fsp3) is 0.222. The molecule has 1 amide bonds. The summed E-state index contributed by atoms with van der Waals surface area (Å²) in [5.74, 6) is -1.92. The number of hydrogen-bond donors (Lipinski definition) is 1. The van der Waals surface area contributed by atoms with Crippen molar-refractivity contribution < 1.29 is 18.5 Å². The van der Waals surface area contributed by atoms with Gasteiger partial charge in [-0.3, -0.25) is 14.9 Å². The number of nitrogens with one attached hydrogen (secondary N) is 1. The summed E-state index contributed by atoms with van der Waals surface area (Å²) in [5, 5.41) is 11.7. The van der Waals surface area contributed by atoms with E-state index in [1.54, 1.807) is 35.6 Å². The Morgan fingerprint density at radius 3 is 2.44 bits per heavy atom. The van der Waals surface area contributed by atoms with Crippen molar-refractivity contribution in [2.24, 2.45) is 0 Å². The molecule has 0 unspecified atom stereocenters. The van der Waals surface area contributed by atoms with Crippen LogP contribution >= 0.6 is 0 Å². The van der Waals surface area contributed by atoms with Crippen molar-refractivity contribution in [2.75, 3.05) is 0 Å². The molecule has 0 spiro atoms. The van der Waals surface area contributed by atoms with Crippen LogP contribution in [-0.2, 0) is 11.3 Å². The fourth-order valence-corrected chi connectivity index (χ4v) is 0.967. The van der Waals surface area contributed by atoms with Gasteiger partial charge in [-0.25, -0.2) is 0 Å². The Balaban J connectivity index is 2.57. The highest BCUT2D eigenvalue weighted by Crippen LogP contribution is 2.13. The van der Waals surface area contributed by atoms with Gasteiger partial charge >= 0.3 is 12.0 Å². The van der Waals surface area contributed by atoms with Crippen LogP contribution in [0, 0.1) is 10.1 Å². The van der Waals surface area contributed by atoms with E-state index in [1.807, 2.05) is 0 Å². The number of nitro groups is 1. The van der Waals surface area contributed by atoms with Crippen LogP contribution in [0.15, 0.2) is 30.3 Å². The Morgan fingerprint density at radius 2 is 1.94 bits per heavy atom. The molecule has 86 valence electrons. The number of carbonyl (C=O) groups excluding carboxylic acids is 1. The summed E-state index contributed by atoms with van der Waals surface area (Å²) in [6.07, 6.45) is 0. The van der Waals surface area contributed by atoms with Crippen LogP contribution in [0.1, 0.15) is 5.56 Å². The molecule has 0 aliphatic heterocycles. The highest BCUT2D eigenvalue weighted by molar-refractivity contribution is 5.81. The van der Waals surface area contributed by atoms with Crippen molar-refractivity contribution in [3.05, 3.63) is 46.0 Å². The predicted octanol–water partition coefficient (Wildman–Crippen LogP) is 1.17. The number of alkyl halides is 2. The van der Waals surface area contributed by atoms with Gasteiger partial charge in [0.1, 0.15) is 4.92 Å². The van der Waals surface area contributed by atoms with E-state index < -0.39 is 16.9 Å². The van der Waals surface area contributed by atoms with Crippen LogP contribution in [0.25, 0.3) is 0 Å². The molecule has 16 heavy (non-hydrogen) atoms. The van der Waals surface area contributed by atoms with E-state index in [1.165, 1.54) is 0 Å². The molecule has 0 aliphatic rings. The number of halogens is 2. The van der Waals surface area contributed by atoms with Gasteiger partial charge in [0.25, 0.3) is 0 Å². The molecule has 0 aliphatic carbocycles. The summed E-state index contributed by atoms with van der Waals surface area (Å²) in [7, 11) is 0. The van der Waals surface area contributed by atoms with E-state index in [0.717, 1.165) is 0 Å². The summed E-state index contributed by atoms with van der Waals surface area (Å²) in [6, 6.07) is 3.65.